The molecule has 0 saturated carbocycles. The number of halogens is 2. The van der Waals surface area contributed by atoms with Crippen molar-refractivity contribution in [3.63, 3.8) is 0 Å². The van der Waals surface area contributed by atoms with Crippen molar-refractivity contribution in [2.75, 3.05) is 24.8 Å². The van der Waals surface area contributed by atoms with Crippen molar-refractivity contribution in [1.29, 1.82) is 0 Å². The molecule has 4 amide bonds. The Bertz CT molecular complexity index is 1100. The van der Waals surface area contributed by atoms with E-state index in [0.29, 0.717) is 24.3 Å². The number of benzene rings is 2. The van der Waals surface area contributed by atoms with Gasteiger partial charge in [0.1, 0.15) is 17.6 Å². The number of thioether (sulfide) groups is 1. The van der Waals surface area contributed by atoms with Crippen LogP contribution in [-0.4, -0.2) is 54.7 Å². The predicted molar refractivity (Wildman–Crippen MR) is 120 cm³/mol. The number of ether oxygens (including phenoxy) is 1. The molecular weight excluding hydrogens is 457 g/mol. The van der Waals surface area contributed by atoms with E-state index in [2.05, 4.69) is 5.32 Å². The van der Waals surface area contributed by atoms with Gasteiger partial charge in [-0.3, -0.25) is 9.59 Å². The van der Waals surface area contributed by atoms with Gasteiger partial charge in [0.15, 0.2) is 0 Å². The Morgan fingerprint density at radius 1 is 1.25 bits per heavy atom. The second-order valence-corrected chi connectivity index (χ2v) is 8.81. The summed E-state index contributed by atoms with van der Waals surface area (Å²) in [5.41, 5.74) is 0.629. The van der Waals surface area contributed by atoms with E-state index >= 15 is 0 Å². The van der Waals surface area contributed by atoms with Gasteiger partial charge >= 0.3 is 6.03 Å². The van der Waals surface area contributed by atoms with Crippen molar-refractivity contribution in [3.05, 3.63) is 52.8 Å². The van der Waals surface area contributed by atoms with Gasteiger partial charge in [0.05, 0.1) is 23.4 Å². The van der Waals surface area contributed by atoms with E-state index in [1.807, 2.05) is 12.3 Å². The lowest BCUT2D eigenvalue weighted by Gasteiger charge is -2.32. The minimum Gasteiger partial charge on any atom is -0.496 e. The van der Waals surface area contributed by atoms with E-state index in [1.165, 1.54) is 24.1 Å². The standard InChI is InChI=1S/C22H21ClFN3O4S/c1-31-19-11-14(32-2)4-5-15(19)20(28)25-12-7-8-26-18(9-12)21(29)27(22(26)30)13-3-6-17(24)16(23)10-13/h3-6,10-12,18H,7-9H2,1-2H3,(H,25,28)/t12-,18+/m1/s1. The first-order chi connectivity index (χ1) is 15.3. The zero-order valence-electron chi connectivity index (χ0n) is 17.4. The average Bonchev–Trinajstić information content (AvgIpc) is 3.04. The van der Waals surface area contributed by atoms with Crippen LogP contribution in [0.4, 0.5) is 14.9 Å². The van der Waals surface area contributed by atoms with Gasteiger partial charge in [-0.15, -0.1) is 11.8 Å². The molecule has 4 rings (SSSR count). The number of anilines is 1. The number of carbonyl (C=O) groups excluding carboxylic acids is 3. The largest absolute Gasteiger partial charge is 0.496 e. The fraction of sp³-hybridized carbons (Fsp3) is 0.318. The number of carbonyl (C=O) groups is 3. The van der Waals surface area contributed by atoms with E-state index < -0.39 is 23.8 Å². The number of methoxy groups -OCH3 is 1. The SMILES string of the molecule is COc1cc(SC)ccc1C(=O)N[C@@H]1CCN2C(=O)N(c3ccc(F)c(Cl)c3)C(=O)[C@@H]2C1. The number of nitrogens with one attached hydrogen (secondary N) is 1. The topological polar surface area (TPSA) is 79.0 Å². The maximum atomic E-state index is 13.5. The molecule has 32 heavy (non-hydrogen) atoms. The molecule has 7 nitrogen and oxygen atoms in total. The third-order valence-electron chi connectivity index (χ3n) is 5.69. The molecule has 2 saturated heterocycles. The smallest absolute Gasteiger partial charge is 0.332 e. The molecule has 2 aromatic rings. The molecule has 0 aliphatic carbocycles. The third kappa shape index (κ3) is 4.02. The average molecular weight is 478 g/mol. The molecule has 2 heterocycles. The van der Waals surface area contributed by atoms with E-state index in [9.17, 15) is 18.8 Å². The molecule has 0 bridgehead atoms. The first kappa shape index (κ1) is 22.4. The highest BCUT2D eigenvalue weighted by Gasteiger charge is 2.48. The van der Waals surface area contributed by atoms with E-state index in [1.54, 1.807) is 23.9 Å². The number of imide groups is 1. The van der Waals surface area contributed by atoms with Crippen molar-refractivity contribution in [1.82, 2.24) is 10.2 Å². The van der Waals surface area contributed by atoms with Gasteiger partial charge in [0, 0.05) is 17.5 Å². The molecule has 2 fully saturated rings. The summed E-state index contributed by atoms with van der Waals surface area (Å²) in [7, 11) is 1.51. The van der Waals surface area contributed by atoms with Gasteiger partial charge in [-0.05, 0) is 55.5 Å². The Morgan fingerprint density at radius 3 is 2.72 bits per heavy atom. The lowest BCUT2D eigenvalue weighted by atomic mass is 9.97. The second-order valence-electron chi connectivity index (χ2n) is 7.52. The molecule has 2 atom stereocenters. The Balaban J connectivity index is 1.49. The highest BCUT2D eigenvalue weighted by atomic mass is 35.5. The molecule has 0 aromatic heterocycles. The van der Waals surface area contributed by atoms with Crippen LogP contribution in [0.2, 0.25) is 5.02 Å². The van der Waals surface area contributed by atoms with Crippen LogP contribution < -0.4 is 15.0 Å². The molecule has 2 aromatic carbocycles. The minimum atomic E-state index is -0.703. The van der Waals surface area contributed by atoms with Crippen LogP contribution >= 0.6 is 23.4 Å². The van der Waals surface area contributed by atoms with Crippen LogP contribution in [0.3, 0.4) is 0 Å². The number of nitrogens with zero attached hydrogens (tertiary/aromatic N) is 2. The summed E-state index contributed by atoms with van der Waals surface area (Å²) >= 11 is 7.37. The van der Waals surface area contributed by atoms with Crippen LogP contribution in [0.25, 0.3) is 0 Å². The molecule has 0 spiro atoms. The van der Waals surface area contributed by atoms with Crippen molar-refractivity contribution in [3.8, 4) is 5.75 Å². The minimum absolute atomic E-state index is 0.167. The summed E-state index contributed by atoms with van der Waals surface area (Å²) in [6, 6.07) is 7.61. The summed E-state index contributed by atoms with van der Waals surface area (Å²) < 4.78 is 18.9. The number of amides is 4. The number of hydrogen-bond donors (Lipinski definition) is 1. The van der Waals surface area contributed by atoms with E-state index in [4.69, 9.17) is 16.3 Å². The zero-order valence-corrected chi connectivity index (χ0v) is 19.0. The van der Waals surface area contributed by atoms with Gasteiger partial charge in [0.2, 0.25) is 0 Å². The highest BCUT2D eigenvalue weighted by Crippen LogP contribution is 2.33. The molecule has 168 valence electrons. The van der Waals surface area contributed by atoms with Crippen LogP contribution in [0, 0.1) is 5.82 Å². The van der Waals surface area contributed by atoms with Crippen molar-refractivity contribution in [2.45, 2.75) is 29.8 Å². The summed E-state index contributed by atoms with van der Waals surface area (Å²) in [4.78, 5) is 42.2. The first-order valence-electron chi connectivity index (χ1n) is 9.96. The normalized spacial score (nSPS) is 20.4. The molecule has 0 radical (unpaired) electrons. The first-order valence-corrected chi connectivity index (χ1v) is 11.6. The lowest BCUT2D eigenvalue weighted by Crippen LogP contribution is -2.49. The molecule has 1 N–H and O–H groups in total. The number of piperidine rings is 1. The van der Waals surface area contributed by atoms with Crippen molar-refractivity contribution >= 4 is 46.9 Å². The Kier molecular flexibility index (Phi) is 6.30. The number of hydrogen-bond acceptors (Lipinski definition) is 5. The second kappa shape index (κ2) is 8.99. The van der Waals surface area contributed by atoms with Gasteiger partial charge in [-0.2, -0.15) is 0 Å². The predicted octanol–water partition coefficient (Wildman–Crippen LogP) is 3.94. The zero-order chi connectivity index (χ0) is 23.0. The van der Waals surface area contributed by atoms with Gasteiger partial charge in [0.25, 0.3) is 11.8 Å². The summed E-state index contributed by atoms with van der Waals surface area (Å²) in [5.74, 6) is -0.875. The molecule has 2 aliphatic heterocycles. The fourth-order valence-electron chi connectivity index (χ4n) is 4.04. The number of rotatable bonds is 5. The van der Waals surface area contributed by atoms with Crippen molar-refractivity contribution < 1.29 is 23.5 Å². The third-order valence-corrected chi connectivity index (χ3v) is 6.71. The Labute approximate surface area is 193 Å². The number of fused-ring (bicyclic) bond motifs is 1. The van der Waals surface area contributed by atoms with Crippen LogP contribution in [0.1, 0.15) is 23.2 Å². The Hall–Kier alpha value is -2.78. The lowest BCUT2D eigenvalue weighted by molar-refractivity contribution is -0.120. The fourth-order valence-corrected chi connectivity index (χ4v) is 4.65. The van der Waals surface area contributed by atoms with E-state index in [0.717, 1.165) is 15.9 Å². The maximum Gasteiger partial charge on any atom is 0.332 e. The van der Waals surface area contributed by atoms with Gasteiger partial charge in [-0.25, -0.2) is 14.1 Å². The van der Waals surface area contributed by atoms with E-state index in [-0.39, 0.29) is 29.1 Å². The Morgan fingerprint density at radius 2 is 2.03 bits per heavy atom. The van der Waals surface area contributed by atoms with Gasteiger partial charge < -0.3 is 15.0 Å². The monoisotopic (exact) mass is 477 g/mol. The van der Waals surface area contributed by atoms with Crippen LogP contribution in [0.5, 0.6) is 5.75 Å². The van der Waals surface area contributed by atoms with Crippen molar-refractivity contribution in [2.24, 2.45) is 0 Å². The highest BCUT2D eigenvalue weighted by molar-refractivity contribution is 7.98. The quantitative estimate of drug-likeness (QED) is 0.521. The molecular formula is C22H21ClFN3O4S. The summed E-state index contributed by atoms with van der Waals surface area (Å²) in [5, 5.41) is 2.79. The van der Waals surface area contributed by atoms with Crippen LogP contribution in [-0.2, 0) is 4.79 Å². The van der Waals surface area contributed by atoms with Crippen LogP contribution in [0.15, 0.2) is 41.3 Å². The summed E-state index contributed by atoms with van der Waals surface area (Å²) in [6.45, 7) is 0.314. The molecule has 0 unspecified atom stereocenters. The number of urea groups is 1. The molecule has 2 aliphatic rings. The maximum absolute atomic E-state index is 13.5. The summed E-state index contributed by atoms with van der Waals surface area (Å²) in [6.07, 6.45) is 2.73. The molecule has 10 heteroatoms. The van der Waals surface area contributed by atoms with Gasteiger partial charge in [-0.1, -0.05) is 11.6 Å².